The van der Waals surface area contributed by atoms with Crippen molar-refractivity contribution < 1.29 is 18.7 Å². The lowest BCUT2D eigenvalue weighted by Crippen LogP contribution is -2.53. The van der Waals surface area contributed by atoms with Crippen LogP contribution in [0.1, 0.15) is 37.0 Å². The van der Waals surface area contributed by atoms with Crippen molar-refractivity contribution in [2.45, 2.75) is 52.2 Å². The fraction of sp³-hybridized carbons (Fsp3) is 0.310. The summed E-state index contributed by atoms with van der Waals surface area (Å²) in [5.74, 6) is -0.321. The minimum absolute atomic E-state index is 0.0351. The highest BCUT2D eigenvalue weighted by Crippen LogP contribution is 2.17. The van der Waals surface area contributed by atoms with E-state index in [1.54, 1.807) is 18.2 Å². The standard InChI is InChI=1S/C29H33FN2O3/c1-4-22(3)31-29(34)27(18-23-10-6-5-7-11-23)32(19-24-13-15-25(30)16-14-24)28(33)20-35-26-12-8-9-21(2)17-26/h5-17,22,27H,4,18-20H2,1-3H3,(H,31,34)/t22-,27-/m0/s1. The summed E-state index contributed by atoms with van der Waals surface area (Å²) in [6.07, 6.45) is 1.12. The van der Waals surface area contributed by atoms with Crippen molar-refractivity contribution >= 4 is 11.8 Å². The first-order valence-corrected chi connectivity index (χ1v) is 11.9. The van der Waals surface area contributed by atoms with Crippen molar-refractivity contribution in [2.24, 2.45) is 0 Å². The van der Waals surface area contributed by atoms with Crippen LogP contribution in [0, 0.1) is 12.7 Å². The Morgan fingerprint density at radius 3 is 2.34 bits per heavy atom. The van der Waals surface area contributed by atoms with Crippen molar-refractivity contribution in [1.29, 1.82) is 0 Å². The minimum atomic E-state index is -0.759. The van der Waals surface area contributed by atoms with Gasteiger partial charge in [0.1, 0.15) is 17.6 Å². The molecule has 2 amide bonds. The number of hydrogen-bond acceptors (Lipinski definition) is 3. The summed E-state index contributed by atoms with van der Waals surface area (Å²) >= 11 is 0. The molecule has 2 atom stereocenters. The van der Waals surface area contributed by atoms with Crippen molar-refractivity contribution in [1.82, 2.24) is 10.2 Å². The molecule has 5 nitrogen and oxygen atoms in total. The summed E-state index contributed by atoms with van der Waals surface area (Å²) < 4.78 is 19.3. The highest BCUT2D eigenvalue weighted by molar-refractivity contribution is 5.88. The summed E-state index contributed by atoms with van der Waals surface area (Å²) in [5, 5.41) is 3.03. The number of amides is 2. The van der Waals surface area contributed by atoms with Gasteiger partial charge in [-0.05, 0) is 61.2 Å². The molecular formula is C29H33FN2O3. The van der Waals surface area contributed by atoms with Gasteiger partial charge in [-0.15, -0.1) is 0 Å². The van der Waals surface area contributed by atoms with Crippen LogP contribution in [0.4, 0.5) is 4.39 Å². The molecule has 0 bridgehead atoms. The lowest BCUT2D eigenvalue weighted by Gasteiger charge is -2.32. The number of carbonyl (C=O) groups is 2. The Hall–Kier alpha value is -3.67. The van der Waals surface area contributed by atoms with Gasteiger partial charge in [0.15, 0.2) is 6.61 Å². The molecular weight excluding hydrogens is 443 g/mol. The third-order valence-electron chi connectivity index (χ3n) is 5.89. The van der Waals surface area contributed by atoms with Crippen LogP contribution >= 0.6 is 0 Å². The van der Waals surface area contributed by atoms with E-state index in [-0.39, 0.29) is 36.8 Å². The lowest BCUT2D eigenvalue weighted by molar-refractivity contribution is -0.143. The molecule has 0 aliphatic rings. The summed E-state index contributed by atoms with van der Waals surface area (Å²) in [7, 11) is 0. The number of halogens is 1. The van der Waals surface area contributed by atoms with Crippen LogP contribution in [0.3, 0.4) is 0 Å². The van der Waals surface area contributed by atoms with Gasteiger partial charge in [0.2, 0.25) is 5.91 Å². The Bertz CT molecular complexity index is 1100. The molecule has 6 heteroatoms. The number of rotatable bonds is 11. The Morgan fingerprint density at radius 1 is 0.971 bits per heavy atom. The normalized spacial score (nSPS) is 12.5. The molecule has 0 heterocycles. The van der Waals surface area contributed by atoms with E-state index in [9.17, 15) is 14.0 Å². The molecule has 184 valence electrons. The predicted molar refractivity (Wildman–Crippen MR) is 135 cm³/mol. The number of benzene rings is 3. The first kappa shape index (κ1) is 25.9. The van der Waals surface area contributed by atoms with Gasteiger partial charge in [0, 0.05) is 19.0 Å². The van der Waals surface area contributed by atoms with Crippen molar-refractivity contribution in [3.8, 4) is 5.75 Å². The predicted octanol–water partition coefficient (Wildman–Crippen LogP) is 5.07. The molecule has 1 N–H and O–H groups in total. The SMILES string of the molecule is CC[C@H](C)NC(=O)[C@H](Cc1ccccc1)N(Cc1ccc(F)cc1)C(=O)COc1cccc(C)c1. The fourth-order valence-electron chi connectivity index (χ4n) is 3.71. The summed E-state index contributed by atoms with van der Waals surface area (Å²) in [6.45, 7) is 5.82. The zero-order valence-corrected chi connectivity index (χ0v) is 20.5. The van der Waals surface area contributed by atoms with Gasteiger partial charge in [-0.25, -0.2) is 4.39 Å². The Morgan fingerprint density at radius 2 is 1.69 bits per heavy atom. The lowest BCUT2D eigenvalue weighted by atomic mass is 10.0. The number of nitrogens with zero attached hydrogens (tertiary/aromatic N) is 1. The van der Waals surface area contributed by atoms with E-state index in [0.717, 1.165) is 23.1 Å². The number of aryl methyl sites for hydroxylation is 1. The largest absolute Gasteiger partial charge is 0.484 e. The van der Waals surface area contributed by atoms with Crippen LogP contribution in [0.25, 0.3) is 0 Å². The Kier molecular flexibility index (Phi) is 9.41. The highest BCUT2D eigenvalue weighted by Gasteiger charge is 2.31. The van der Waals surface area contributed by atoms with E-state index in [0.29, 0.717) is 12.2 Å². The topological polar surface area (TPSA) is 58.6 Å². The van der Waals surface area contributed by atoms with Crippen molar-refractivity contribution in [2.75, 3.05) is 6.61 Å². The molecule has 0 aliphatic carbocycles. The third-order valence-corrected chi connectivity index (χ3v) is 5.89. The van der Waals surface area contributed by atoms with Crippen LogP contribution in [-0.4, -0.2) is 35.4 Å². The molecule has 0 unspecified atom stereocenters. The van der Waals surface area contributed by atoms with Gasteiger partial charge in [0.05, 0.1) is 0 Å². The third kappa shape index (κ3) is 7.95. The summed E-state index contributed by atoms with van der Waals surface area (Å²) in [5.41, 5.74) is 2.69. The van der Waals surface area contributed by atoms with Gasteiger partial charge < -0.3 is 15.0 Å². The average molecular weight is 477 g/mol. The Balaban J connectivity index is 1.90. The van der Waals surface area contributed by atoms with Crippen LogP contribution in [0.15, 0.2) is 78.9 Å². The monoisotopic (exact) mass is 476 g/mol. The Labute approximate surface area is 206 Å². The molecule has 3 aromatic carbocycles. The van der Waals surface area contributed by atoms with Gasteiger partial charge in [-0.1, -0.05) is 61.5 Å². The van der Waals surface area contributed by atoms with E-state index in [1.807, 2.05) is 69.3 Å². The summed E-state index contributed by atoms with van der Waals surface area (Å²) in [6, 6.07) is 22.2. The average Bonchev–Trinajstić information content (AvgIpc) is 2.86. The molecule has 0 spiro atoms. The summed E-state index contributed by atoms with van der Waals surface area (Å²) in [4.78, 5) is 28.5. The maximum atomic E-state index is 13.5. The minimum Gasteiger partial charge on any atom is -0.484 e. The second-order valence-electron chi connectivity index (χ2n) is 8.78. The maximum absolute atomic E-state index is 13.5. The first-order chi connectivity index (χ1) is 16.9. The zero-order valence-electron chi connectivity index (χ0n) is 20.5. The number of ether oxygens (including phenoxy) is 1. The molecule has 3 rings (SSSR count). The molecule has 3 aromatic rings. The van der Waals surface area contributed by atoms with Crippen molar-refractivity contribution in [3.05, 3.63) is 101 Å². The van der Waals surface area contributed by atoms with E-state index < -0.39 is 6.04 Å². The highest BCUT2D eigenvalue weighted by atomic mass is 19.1. The van der Waals surface area contributed by atoms with Gasteiger partial charge >= 0.3 is 0 Å². The number of nitrogens with one attached hydrogen (secondary N) is 1. The molecule has 0 aliphatic heterocycles. The van der Waals surface area contributed by atoms with Crippen molar-refractivity contribution in [3.63, 3.8) is 0 Å². The second kappa shape index (κ2) is 12.7. The number of hydrogen-bond donors (Lipinski definition) is 1. The van der Waals surface area contributed by atoms with Gasteiger partial charge in [-0.3, -0.25) is 9.59 Å². The van der Waals surface area contributed by atoms with Crippen LogP contribution in [-0.2, 0) is 22.6 Å². The maximum Gasteiger partial charge on any atom is 0.261 e. The van der Waals surface area contributed by atoms with Gasteiger partial charge in [-0.2, -0.15) is 0 Å². The van der Waals surface area contributed by atoms with E-state index in [4.69, 9.17) is 4.74 Å². The zero-order chi connectivity index (χ0) is 25.2. The quantitative estimate of drug-likeness (QED) is 0.421. The molecule has 0 aromatic heterocycles. The second-order valence-corrected chi connectivity index (χ2v) is 8.78. The van der Waals surface area contributed by atoms with E-state index in [2.05, 4.69) is 5.32 Å². The smallest absolute Gasteiger partial charge is 0.261 e. The van der Waals surface area contributed by atoms with Crippen LogP contribution in [0.2, 0.25) is 0 Å². The molecule has 0 fully saturated rings. The number of carbonyl (C=O) groups excluding carboxylic acids is 2. The molecule has 0 radical (unpaired) electrons. The molecule has 35 heavy (non-hydrogen) atoms. The molecule has 0 saturated heterocycles. The first-order valence-electron chi connectivity index (χ1n) is 11.9. The fourth-order valence-corrected chi connectivity index (χ4v) is 3.71. The van der Waals surface area contributed by atoms with E-state index >= 15 is 0 Å². The van der Waals surface area contributed by atoms with E-state index in [1.165, 1.54) is 17.0 Å². The molecule has 0 saturated carbocycles. The van der Waals surface area contributed by atoms with Crippen LogP contribution in [0.5, 0.6) is 5.75 Å². The van der Waals surface area contributed by atoms with Gasteiger partial charge in [0.25, 0.3) is 5.91 Å². The van der Waals surface area contributed by atoms with Crippen LogP contribution < -0.4 is 10.1 Å².